The Hall–Kier alpha value is -2.37. The van der Waals surface area contributed by atoms with Gasteiger partial charge in [0.1, 0.15) is 0 Å². The summed E-state index contributed by atoms with van der Waals surface area (Å²) in [6.45, 7) is 2.86. The molecule has 0 unspecified atom stereocenters. The van der Waals surface area contributed by atoms with Gasteiger partial charge >= 0.3 is 0 Å². The first-order chi connectivity index (χ1) is 13.1. The fourth-order valence-electron chi connectivity index (χ4n) is 2.79. The molecule has 3 rings (SSSR count). The molecular weight excluding hydrogens is 376 g/mol. The molecule has 0 atom stereocenters. The van der Waals surface area contributed by atoms with Crippen molar-refractivity contribution in [2.45, 2.75) is 32.7 Å². The second kappa shape index (κ2) is 9.53. The van der Waals surface area contributed by atoms with E-state index in [1.807, 2.05) is 18.2 Å². The van der Waals surface area contributed by atoms with Gasteiger partial charge in [-0.15, -0.1) is 0 Å². The zero-order valence-electron chi connectivity index (χ0n) is 15.3. The van der Waals surface area contributed by atoms with Gasteiger partial charge in [0, 0.05) is 17.6 Å². The van der Waals surface area contributed by atoms with Crippen LogP contribution in [0.2, 0.25) is 5.02 Å². The van der Waals surface area contributed by atoms with E-state index in [-0.39, 0.29) is 0 Å². The molecule has 140 valence electrons. The molecule has 0 aliphatic rings. The maximum Gasteiger partial charge on any atom is 0.175 e. The van der Waals surface area contributed by atoms with E-state index in [1.165, 1.54) is 18.4 Å². The fourth-order valence-corrected chi connectivity index (χ4v) is 3.18. The van der Waals surface area contributed by atoms with Gasteiger partial charge in [-0.25, -0.2) is 0 Å². The monoisotopic (exact) mass is 398 g/mol. The Morgan fingerprint density at radius 1 is 1.07 bits per heavy atom. The third-order valence-electron chi connectivity index (χ3n) is 4.16. The number of nitrogens with one attached hydrogen (secondary N) is 2. The number of aryl methyl sites for hydroxylation is 1. The van der Waals surface area contributed by atoms with E-state index >= 15 is 0 Å². The van der Waals surface area contributed by atoms with Crippen molar-refractivity contribution in [2.75, 3.05) is 10.6 Å². The predicted octanol–water partition coefficient (Wildman–Crippen LogP) is 5.74. The molecule has 0 amide bonds. The Kier molecular flexibility index (Phi) is 6.85. The fraction of sp³-hybridized carbons (Fsp3) is 0.238. The van der Waals surface area contributed by atoms with Crippen molar-refractivity contribution in [3.05, 3.63) is 77.1 Å². The van der Waals surface area contributed by atoms with Crippen molar-refractivity contribution >= 4 is 40.3 Å². The minimum absolute atomic E-state index is 0.565. The molecule has 1 heterocycles. The van der Waals surface area contributed by atoms with Crippen LogP contribution in [0.25, 0.3) is 0 Å². The second-order valence-corrected chi connectivity index (χ2v) is 7.28. The highest BCUT2D eigenvalue weighted by atomic mass is 35.5. The van der Waals surface area contributed by atoms with Crippen LogP contribution < -0.4 is 10.6 Å². The van der Waals surface area contributed by atoms with Gasteiger partial charge in [0.05, 0.1) is 17.8 Å². The summed E-state index contributed by atoms with van der Waals surface area (Å²) < 4.78 is 1.80. The van der Waals surface area contributed by atoms with E-state index in [0.29, 0.717) is 16.7 Å². The number of hydrogen-bond acceptors (Lipinski definition) is 2. The van der Waals surface area contributed by atoms with Crippen LogP contribution in [-0.4, -0.2) is 14.9 Å². The molecule has 6 heteroatoms. The molecule has 2 N–H and O–H groups in total. The van der Waals surface area contributed by atoms with Crippen molar-refractivity contribution in [1.29, 1.82) is 0 Å². The summed E-state index contributed by atoms with van der Waals surface area (Å²) in [4.78, 5) is 0. The zero-order valence-corrected chi connectivity index (χ0v) is 16.9. The largest absolute Gasteiger partial charge is 0.332 e. The quantitative estimate of drug-likeness (QED) is 0.498. The van der Waals surface area contributed by atoms with E-state index < -0.39 is 0 Å². The Labute approximate surface area is 170 Å². The average molecular weight is 399 g/mol. The van der Waals surface area contributed by atoms with Crippen molar-refractivity contribution in [3.8, 4) is 0 Å². The van der Waals surface area contributed by atoms with E-state index in [0.717, 1.165) is 23.4 Å². The van der Waals surface area contributed by atoms with Crippen molar-refractivity contribution in [1.82, 2.24) is 9.78 Å². The standard InChI is InChI=1S/C21H23ClN4S/c1-2-3-5-16-8-10-19(11-9-16)24-21(27)25-20-7-4-6-17(12-20)14-26-15-18(22)13-23-26/h4,6-13,15H,2-3,5,14H2,1H3,(H2,24,25,27). The Morgan fingerprint density at radius 3 is 2.56 bits per heavy atom. The van der Waals surface area contributed by atoms with Crippen LogP contribution in [0.5, 0.6) is 0 Å². The van der Waals surface area contributed by atoms with Gasteiger partial charge in [-0.05, 0) is 60.5 Å². The molecule has 0 saturated carbocycles. The number of benzene rings is 2. The number of halogens is 1. The first kappa shape index (κ1) is 19.4. The molecule has 27 heavy (non-hydrogen) atoms. The maximum atomic E-state index is 5.92. The highest BCUT2D eigenvalue weighted by molar-refractivity contribution is 7.80. The Bertz CT molecular complexity index is 889. The lowest BCUT2D eigenvalue weighted by atomic mass is 10.1. The number of unbranched alkanes of at least 4 members (excludes halogenated alkanes) is 1. The molecule has 0 bridgehead atoms. The molecule has 0 aliphatic carbocycles. The van der Waals surface area contributed by atoms with Gasteiger partial charge in [0.15, 0.2) is 5.11 Å². The number of aromatic nitrogens is 2. The third kappa shape index (κ3) is 6.08. The van der Waals surface area contributed by atoms with E-state index in [4.69, 9.17) is 23.8 Å². The summed E-state index contributed by atoms with van der Waals surface area (Å²) in [5.74, 6) is 0. The van der Waals surface area contributed by atoms with Crippen LogP contribution >= 0.6 is 23.8 Å². The molecule has 3 aromatic rings. The van der Waals surface area contributed by atoms with Gasteiger partial charge in [0.25, 0.3) is 0 Å². The minimum atomic E-state index is 0.565. The van der Waals surface area contributed by atoms with E-state index in [2.05, 4.69) is 53.0 Å². The van der Waals surface area contributed by atoms with Crippen LogP contribution in [0, 0.1) is 0 Å². The Morgan fingerprint density at radius 2 is 1.85 bits per heavy atom. The van der Waals surface area contributed by atoms with Gasteiger partial charge in [-0.2, -0.15) is 5.10 Å². The lowest BCUT2D eigenvalue weighted by Crippen LogP contribution is -2.19. The SMILES string of the molecule is CCCCc1ccc(NC(=S)Nc2cccc(Cn3cc(Cl)cn3)c2)cc1. The van der Waals surface area contributed by atoms with Crippen LogP contribution in [0.15, 0.2) is 60.9 Å². The summed E-state index contributed by atoms with van der Waals surface area (Å²) >= 11 is 11.4. The first-order valence-corrected chi connectivity index (χ1v) is 9.85. The molecule has 2 aromatic carbocycles. The smallest absolute Gasteiger partial charge is 0.175 e. The topological polar surface area (TPSA) is 41.9 Å². The lowest BCUT2D eigenvalue weighted by Gasteiger charge is -2.12. The molecule has 1 aromatic heterocycles. The van der Waals surface area contributed by atoms with Crippen LogP contribution in [0.1, 0.15) is 30.9 Å². The highest BCUT2D eigenvalue weighted by Crippen LogP contribution is 2.15. The van der Waals surface area contributed by atoms with E-state index in [9.17, 15) is 0 Å². The molecule has 0 spiro atoms. The summed E-state index contributed by atoms with van der Waals surface area (Å²) in [6.07, 6.45) is 6.98. The van der Waals surface area contributed by atoms with Gasteiger partial charge in [-0.3, -0.25) is 4.68 Å². The molecule has 0 saturated heterocycles. The van der Waals surface area contributed by atoms with Gasteiger partial charge in [0.2, 0.25) is 0 Å². The second-order valence-electron chi connectivity index (χ2n) is 6.44. The molecule has 0 aliphatic heterocycles. The summed E-state index contributed by atoms with van der Waals surface area (Å²) in [6, 6.07) is 16.5. The summed E-state index contributed by atoms with van der Waals surface area (Å²) in [5.41, 5.74) is 4.38. The maximum absolute atomic E-state index is 5.92. The average Bonchev–Trinajstić information content (AvgIpc) is 3.06. The van der Waals surface area contributed by atoms with Gasteiger partial charge in [-0.1, -0.05) is 49.2 Å². The molecular formula is C21H23ClN4S. The molecule has 4 nitrogen and oxygen atoms in total. The number of anilines is 2. The molecule has 0 radical (unpaired) electrons. The normalized spacial score (nSPS) is 10.6. The number of nitrogens with zero attached hydrogens (tertiary/aromatic N) is 2. The summed E-state index contributed by atoms with van der Waals surface area (Å²) in [5, 5.41) is 11.9. The predicted molar refractivity (Wildman–Crippen MR) is 118 cm³/mol. The first-order valence-electron chi connectivity index (χ1n) is 9.06. The summed E-state index contributed by atoms with van der Waals surface area (Å²) in [7, 11) is 0. The van der Waals surface area contributed by atoms with Crippen molar-refractivity contribution in [3.63, 3.8) is 0 Å². The Balaban J connectivity index is 1.56. The molecule has 0 fully saturated rings. The minimum Gasteiger partial charge on any atom is -0.332 e. The lowest BCUT2D eigenvalue weighted by molar-refractivity contribution is 0.687. The number of hydrogen-bond donors (Lipinski definition) is 2. The highest BCUT2D eigenvalue weighted by Gasteiger charge is 2.03. The zero-order chi connectivity index (χ0) is 19.1. The number of thiocarbonyl (C=S) groups is 1. The van der Waals surface area contributed by atoms with Crippen LogP contribution in [0.4, 0.5) is 11.4 Å². The van der Waals surface area contributed by atoms with E-state index in [1.54, 1.807) is 17.1 Å². The van der Waals surface area contributed by atoms with Crippen LogP contribution in [0.3, 0.4) is 0 Å². The number of rotatable bonds is 7. The van der Waals surface area contributed by atoms with Crippen LogP contribution in [-0.2, 0) is 13.0 Å². The van der Waals surface area contributed by atoms with Crippen molar-refractivity contribution in [2.24, 2.45) is 0 Å². The van der Waals surface area contributed by atoms with Crippen molar-refractivity contribution < 1.29 is 0 Å². The third-order valence-corrected chi connectivity index (χ3v) is 4.56. The van der Waals surface area contributed by atoms with Gasteiger partial charge < -0.3 is 10.6 Å².